The Labute approximate surface area is 169 Å². The average molecular weight is 394 g/mol. The van der Waals surface area contributed by atoms with Gasteiger partial charge in [-0.1, -0.05) is 13.8 Å². The van der Waals surface area contributed by atoms with Crippen molar-refractivity contribution in [1.29, 1.82) is 0 Å². The fourth-order valence-electron chi connectivity index (χ4n) is 3.84. The quantitative estimate of drug-likeness (QED) is 0.707. The molecule has 152 valence electrons. The predicted octanol–water partition coefficient (Wildman–Crippen LogP) is 2.13. The van der Waals surface area contributed by atoms with E-state index >= 15 is 0 Å². The van der Waals surface area contributed by atoms with Gasteiger partial charge in [0.2, 0.25) is 5.91 Å². The molecule has 3 aromatic rings. The molecule has 1 amide bonds. The molecule has 3 heterocycles. The lowest BCUT2D eigenvalue weighted by molar-refractivity contribution is -0.121. The number of hydrogen-bond acceptors (Lipinski definition) is 7. The Kier molecular flexibility index (Phi) is 5.48. The third kappa shape index (κ3) is 4.40. The van der Waals surface area contributed by atoms with E-state index in [0.29, 0.717) is 17.6 Å². The van der Waals surface area contributed by atoms with Crippen LogP contribution < -0.4 is 5.32 Å². The predicted molar refractivity (Wildman–Crippen MR) is 110 cm³/mol. The molecule has 0 bridgehead atoms. The lowest BCUT2D eigenvalue weighted by Crippen LogP contribution is -2.39. The Balaban J connectivity index is 1.45. The lowest BCUT2D eigenvalue weighted by atomic mass is 9.95. The Morgan fingerprint density at radius 2 is 1.97 bits per heavy atom. The van der Waals surface area contributed by atoms with E-state index in [-0.39, 0.29) is 11.8 Å². The molecule has 1 saturated heterocycles. The van der Waals surface area contributed by atoms with Gasteiger partial charge in [-0.25, -0.2) is 4.68 Å². The van der Waals surface area contributed by atoms with Crippen molar-refractivity contribution in [3.63, 3.8) is 0 Å². The first-order valence-corrected chi connectivity index (χ1v) is 10.0. The second-order valence-electron chi connectivity index (χ2n) is 8.09. The van der Waals surface area contributed by atoms with Crippen molar-refractivity contribution in [2.24, 2.45) is 18.9 Å². The van der Waals surface area contributed by atoms with E-state index in [0.717, 1.165) is 48.9 Å². The van der Waals surface area contributed by atoms with Crippen LogP contribution in [0.3, 0.4) is 0 Å². The van der Waals surface area contributed by atoms with Crippen molar-refractivity contribution in [1.82, 2.24) is 35.3 Å². The number of tetrazole rings is 1. The monoisotopic (exact) mass is 394 g/mol. The summed E-state index contributed by atoms with van der Waals surface area (Å²) in [5.41, 5.74) is 1.64. The molecule has 0 saturated carbocycles. The Morgan fingerprint density at radius 3 is 2.66 bits per heavy atom. The normalized spacial score (nSPS) is 15.9. The van der Waals surface area contributed by atoms with Gasteiger partial charge in [-0.05, 0) is 66.5 Å². The Bertz CT molecular complexity index is 1010. The van der Waals surface area contributed by atoms with E-state index in [1.807, 2.05) is 24.3 Å². The summed E-state index contributed by atoms with van der Waals surface area (Å²) in [7, 11) is 1.79. The highest BCUT2D eigenvalue weighted by Crippen LogP contribution is 2.24. The van der Waals surface area contributed by atoms with E-state index in [2.05, 4.69) is 49.8 Å². The van der Waals surface area contributed by atoms with Crippen LogP contribution in [0.25, 0.3) is 22.3 Å². The van der Waals surface area contributed by atoms with Crippen molar-refractivity contribution in [2.75, 3.05) is 25.0 Å². The van der Waals surface area contributed by atoms with Crippen LogP contribution in [0.15, 0.2) is 24.3 Å². The number of nitrogens with one attached hydrogen (secondary N) is 1. The first-order chi connectivity index (χ1) is 14.0. The smallest absolute Gasteiger partial charge is 0.228 e. The van der Waals surface area contributed by atoms with Crippen LogP contribution in [0.5, 0.6) is 0 Å². The second-order valence-corrected chi connectivity index (χ2v) is 8.09. The first-order valence-electron chi connectivity index (χ1n) is 10.0. The van der Waals surface area contributed by atoms with E-state index in [9.17, 15) is 4.79 Å². The van der Waals surface area contributed by atoms with Gasteiger partial charge in [0.05, 0.1) is 5.52 Å². The number of nitrogens with zero attached hydrogens (tertiary/aromatic N) is 7. The van der Waals surface area contributed by atoms with E-state index in [4.69, 9.17) is 0 Å². The molecule has 0 unspecified atom stereocenters. The van der Waals surface area contributed by atoms with Gasteiger partial charge in [-0.15, -0.1) is 15.3 Å². The number of amides is 1. The molecular weight excluding hydrogens is 368 g/mol. The molecule has 1 aromatic carbocycles. The maximum Gasteiger partial charge on any atom is 0.228 e. The average Bonchev–Trinajstić information content (AvgIpc) is 3.13. The SMILES string of the molecule is CC(C)CN1CCC(C(=O)Nc2cc3cc(-c4nnnn4C)ccc3nn2)CC1. The molecular formula is C20H26N8O. The van der Waals surface area contributed by atoms with Gasteiger partial charge < -0.3 is 10.2 Å². The summed E-state index contributed by atoms with van der Waals surface area (Å²) in [6, 6.07) is 7.59. The summed E-state index contributed by atoms with van der Waals surface area (Å²) in [5.74, 6) is 1.83. The van der Waals surface area contributed by atoms with Crippen molar-refractivity contribution in [3.05, 3.63) is 24.3 Å². The van der Waals surface area contributed by atoms with Crippen molar-refractivity contribution in [3.8, 4) is 11.4 Å². The van der Waals surface area contributed by atoms with Crippen LogP contribution in [-0.2, 0) is 11.8 Å². The summed E-state index contributed by atoms with van der Waals surface area (Å²) in [4.78, 5) is 15.1. The molecule has 29 heavy (non-hydrogen) atoms. The summed E-state index contributed by atoms with van der Waals surface area (Å²) in [5, 5.41) is 23.8. The largest absolute Gasteiger partial charge is 0.309 e. The maximum absolute atomic E-state index is 12.7. The molecule has 1 aliphatic rings. The zero-order chi connectivity index (χ0) is 20.4. The van der Waals surface area contributed by atoms with E-state index < -0.39 is 0 Å². The van der Waals surface area contributed by atoms with Gasteiger partial charge in [0, 0.05) is 30.5 Å². The number of carbonyl (C=O) groups excluding carboxylic acids is 1. The molecule has 4 rings (SSSR count). The molecule has 9 nitrogen and oxygen atoms in total. The molecule has 1 aliphatic heterocycles. The van der Waals surface area contributed by atoms with Gasteiger partial charge in [-0.2, -0.15) is 0 Å². The number of anilines is 1. The highest BCUT2D eigenvalue weighted by molar-refractivity contribution is 5.94. The van der Waals surface area contributed by atoms with Crippen molar-refractivity contribution >= 4 is 22.6 Å². The molecule has 0 atom stereocenters. The maximum atomic E-state index is 12.7. The topological polar surface area (TPSA) is 102 Å². The highest BCUT2D eigenvalue weighted by Gasteiger charge is 2.25. The van der Waals surface area contributed by atoms with Crippen LogP contribution in [0, 0.1) is 11.8 Å². The van der Waals surface area contributed by atoms with Crippen molar-refractivity contribution in [2.45, 2.75) is 26.7 Å². The molecule has 1 N–H and O–H groups in total. The van der Waals surface area contributed by atoms with Gasteiger partial charge in [0.1, 0.15) is 0 Å². The van der Waals surface area contributed by atoms with Crippen molar-refractivity contribution < 1.29 is 4.79 Å². The number of carbonyl (C=O) groups is 1. The Morgan fingerprint density at radius 1 is 1.17 bits per heavy atom. The highest BCUT2D eigenvalue weighted by atomic mass is 16.2. The zero-order valence-electron chi connectivity index (χ0n) is 17.0. The fraction of sp³-hybridized carbons (Fsp3) is 0.500. The zero-order valence-corrected chi connectivity index (χ0v) is 17.0. The van der Waals surface area contributed by atoms with E-state index in [1.165, 1.54) is 0 Å². The summed E-state index contributed by atoms with van der Waals surface area (Å²) in [6.07, 6.45) is 1.76. The number of rotatable bonds is 5. The summed E-state index contributed by atoms with van der Waals surface area (Å²) in [6.45, 7) is 7.48. The van der Waals surface area contributed by atoms with Gasteiger partial charge in [0.25, 0.3) is 0 Å². The van der Waals surface area contributed by atoms with Gasteiger partial charge in [0.15, 0.2) is 11.6 Å². The lowest BCUT2D eigenvalue weighted by Gasteiger charge is -2.32. The molecule has 1 fully saturated rings. The van der Waals surface area contributed by atoms with Crippen LogP contribution in [0.4, 0.5) is 5.82 Å². The minimum Gasteiger partial charge on any atom is -0.309 e. The number of benzene rings is 1. The number of aryl methyl sites for hydroxylation is 1. The van der Waals surface area contributed by atoms with Crippen LogP contribution in [0.2, 0.25) is 0 Å². The van der Waals surface area contributed by atoms with Gasteiger partial charge in [-0.3, -0.25) is 4.79 Å². The third-order valence-electron chi connectivity index (χ3n) is 5.30. The second kappa shape index (κ2) is 8.20. The molecule has 0 spiro atoms. The number of hydrogen-bond donors (Lipinski definition) is 1. The molecule has 0 aliphatic carbocycles. The summed E-state index contributed by atoms with van der Waals surface area (Å²) >= 11 is 0. The minimum atomic E-state index is 0.0203. The van der Waals surface area contributed by atoms with Crippen LogP contribution in [-0.4, -0.2) is 60.8 Å². The summed E-state index contributed by atoms with van der Waals surface area (Å²) < 4.78 is 1.62. The number of fused-ring (bicyclic) bond motifs is 1. The number of aromatic nitrogens is 6. The van der Waals surface area contributed by atoms with Gasteiger partial charge >= 0.3 is 0 Å². The molecule has 2 aromatic heterocycles. The first kappa shape index (κ1) is 19.4. The minimum absolute atomic E-state index is 0.0203. The fourth-order valence-corrected chi connectivity index (χ4v) is 3.84. The standard InChI is InChI=1S/C20H26N8O/c1-13(2)12-28-8-6-14(7-9-28)20(29)21-18-11-16-10-15(4-5-17(16)22-23-18)19-24-25-26-27(19)3/h4-5,10-11,13-14H,6-9,12H2,1-3H3,(H,21,23,29). The molecule has 9 heteroatoms. The van der Waals surface area contributed by atoms with E-state index in [1.54, 1.807) is 11.7 Å². The molecule has 0 radical (unpaired) electrons. The van der Waals surface area contributed by atoms with Crippen LogP contribution in [0.1, 0.15) is 26.7 Å². The third-order valence-corrected chi connectivity index (χ3v) is 5.30. The van der Waals surface area contributed by atoms with Crippen LogP contribution >= 0.6 is 0 Å². The number of piperidine rings is 1. The number of likely N-dealkylation sites (tertiary alicyclic amines) is 1. The Hall–Kier alpha value is -2.94.